The maximum Gasteiger partial charge on any atom is 0.224 e. The molecule has 3 nitrogen and oxygen atoms in total. The summed E-state index contributed by atoms with van der Waals surface area (Å²) in [5.74, 6) is 0.203. The van der Waals surface area contributed by atoms with Crippen LogP contribution in [0.1, 0.15) is 37.8 Å². The zero-order valence-electron chi connectivity index (χ0n) is 11.7. The van der Waals surface area contributed by atoms with Crippen LogP contribution in [-0.2, 0) is 4.79 Å². The van der Waals surface area contributed by atoms with Gasteiger partial charge in [-0.1, -0.05) is 43.7 Å². The molecule has 1 amide bonds. The minimum atomic E-state index is -0.143. The SMILES string of the molecule is Cc1ccc(C(C)CNC(=O)C(C)C(C)N)cc1. The van der Waals surface area contributed by atoms with Crippen molar-refractivity contribution in [3.05, 3.63) is 35.4 Å². The first-order valence-electron chi connectivity index (χ1n) is 6.51. The van der Waals surface area contributed by atoms with E-state index in [1.807, 2.05) is 13.8 Å². The van der Waals surface area contributed by atoms with Crippen LogP contribution in [0.2, 0.25) is 0 Å². The molecular weight excluding hydrogens is 224 g/mol. The smallest absolute Gasteiger partial charge is 0.224 e. The van der Waals surface area contributed by atoms with E-state index in [4.69, 9.17) is 5.73 Å². The van der Waals surface area contributed by atoms with Crippen LogP contribution in [-0.4, -0.2) is 18.5 Å². The Bertz CT molecular complexity index is 384. The fourth-order valence-electron chi connectivity index (χ4n) is 1.67. The first-order chi connectivity index (χ1) is 8.41. The Labute approximate surface area is 110 Å². The van der Waals surface area contributed by atoms with E-state index in [9.17, 15) is 4.79 Å². The van der Waals surface area contributed by atoms with E-state index in [1.54, 1.807) is 0 Å². The molecule has 0 fully saturated rings. The summed E-state index contributed by atoms with van der Waals surface area (Å²) >= 11 is 0. The molecule has 3 N–H and O–H groups in total. The van der Waals surface area contributed by atoms with E-state index in [1.165, 1.54) is 11.1 Å². The highest BCUT2D eigenvalue weighted by molar-refractivity contribution is 5.78. The van der Waals surface area contributed by atoms with E-state index in [-0.39, 0.29) is 17.9 Å². The molecule has 0 aliphatic carbocycles. The van der Waals surface area contributed by atoms with E-state index < -0.39 is 0 Å². The summed E-state index contributed by atoms with van der Waals surface area (Å²) in [4.78, 5) is 11.8. The first kappa shape index (κ1) is 14.7. The molecule has 0 aliphatic heterocycles. The molecule has 1 aromatic rings. The van der Waals surface area contributed by atoms with Gasteiger partial charge in [-0.25, -0.2) is 0 Å². The molecule has 0 bridgehead atoms. The monoisotopic (exact) mass is 248 g/mol. The third kappa shape index (κ3) is 4.15. The predicted molar refractivity (Wildman–Crippen MR) is 75.4 cm³/mol. The van der Waals surface area contributed by atoms with Gasteiger partial charge in [0.15, 0.2) is 0 Å². The van der Waals surface area contributed by atoms with Gasteiger partial charge >= 0.3 is 0 Å². The van der Waals surface area contributed by atoms with E-state index in [0.717, 1.165) is 0 Å². The van der Waals surface area contributed by atoms with Gasteiger partial charge < -0.3 is 11.1 Å². The van der Waals surface area contributed by atoms with Crippen molar-refractivity contribution in [3.63, 3.8) is 0 Å². The van der Waals surface area contributed by atoms with Crippen LogP contribution in [0.15, 0.2) is 24.3 Å². The van der Waals surface area contributed by atoms with E-state index in [2.05, 4.69) is 43.4 Å². The van der Waals surface area contributed by atoms with Crippen molar-refractivity contribution < 1.29 is 4.79 Å². The molecule has 0 heterocycles. The predicted octanol–water partition coefficient (Wildman–Crippen LogP) is 2.20. The molecule has 3 atom stereocenters. The number of nitrogens with two attached hydrogens (primary N) is 1. The van der Waals surface area contributed by atoms with Gasteiger partial charge in [0.25, 0.3) is 0 Å². The van der Waals surface area contributed by atoms with Crippen LogP contribution in [0, 0.1) is 12.8 Å². The number of amides is 1. The molecule has 1 rings (SSSR count). The maximum atomic E-state index is 11.8. The summed E-state index contributed by atoms with van der Waals surface area (Å²) in [5, 5.41) is 2.96. The highest BCUT2D eigenvalue weighted by Crippen LogP contribution is 2.15. The molecular formula is C15H24N2O. The standard InChI is InChI=1S/C15H24N2O/c1-10-5-7-14(8-6-10)11(2)9-17-15(18)12(3)13(4)16/h5-8,11-13H,9,16H2,1-4H3,(H,17,18). The number of nitrogens with one attached hydrogen (secondary N) is 1. The zero-order valence-corrected chi connectivity index (χ0v) is 11.7. The number of hydrogen-bond donors (Lipinski definition) is 2. The molecule has 1 aromatic carbocycles. The zero-order chi connectivity index (χ0) is 13.7. The van der Waals surface area contributed by atoms with Crippen molar-refractivity contribution in [2.24, 2.45) is 11.7 Å². The Morgan fingerprint density at radius 2 is 1.78 bits per heavy atom. The molecule has 0 aliphatic rings. The van der Waals surface area contributed by atoms with Crippen molar-refractivity contribution in [3.8, 4) is 0 Å². The van der Waals surface area contributed by atoms with Crippen molar-refractivity contribution in [2.75, 3.05) is 6.54 Å². The highest BCUT2D eigenvalue weighted by atomic mass is 16.1. The highest BCUT2D eigenvalue weighted by Gasteiger charge is 2.17. The van der Waals surface area contributed by atoms with E-state index >= 15 is 0 Å². The molecule has 0 saturated heterocycles. The lowest BCUT2D eigenvalue weighted by atomic mass is 9.99. The second kappa shape index (κ2) is 6.55. The fraction of sp³-hybridized carbons (Fsp3) is 0.533. The van der Waals surface area contributed by atoms with Crippen LogP contribution >= 0.6 is 0 Å². The van der Waals surface area contributed by atoms with Crippen LogP contribution < -0.4 is 11.1 Å². The van der Waals surface area contributed by atoms with E-state index in [0.29, 0.717) is 12.5 Å². The summed E-state index contributed by atoms with van der Waals surface area (Å²) in [6, 6.07) is 8.30. The number of benzene rings is 1. The molecule has 0 aromatic heterocycles. The third-order valence-electron chi connectivity index (χ3n) is 3.43. The van der Waals surface area contributed by atoms with Gasteiger partial charge in [0.05, 0.1) is 0 Å². The Kier molecular flexibility index (Phi) is 5.35. The average Bonchev–Trinajstić information content (AvgIpc) is 2.35. The van der Waals surface area contributed by atoms with Crippen LogP contribution in [0.3, 0.4) is 0 Å². The van der Waals surface area contributed by atoms with Gasteiger partial charge in [-0.2, -0.15) is 0 Å². The minimum Gasteiger partial charge on any atom is -0.355 e. The lowest BCUT2D eigenvalue weighted by Crippen LogP contribution is -2.39. The average molecular weight is 248 g/mol. The van der Waals surface area contributed by atoms with Crippen molar-refractivity contribution in [1.29, 1.82) is 0 Å². The lowest BCUT2D eigenvalue weighted by Gasteiger charge is -2.18. The molecule has 3 heteroatoms. The normalized spacial score (nSPS) is 15.8. The molecule has 18 heavy (non-hydrogen) atoms. The lowest BCUT2D eigenvalue weighted by molar-refractivity contribution is -0.124. The number of aryl methyl sites for hydroxylation is 1. The first-order valence-corrected chi connectivity index (χ1v) is 6.51. The minimum absolute atomic E-state index is 0.0314. The van der Waals surface area contributed by atoms with Gasteiger partial charge in [-0.3, -0.25) is 4.79 Å². The number of rotatable bonds is 5. The molecule has 0 saturated carbocycles. The van der Waals surface area contributed by atoms with Crippen molar-refractivity contribution in [1.82, 2.24) is 5.32 Å². The summed E-state index contributed by atoms with van der Waals surface area (Å²) < 4.78 is 0. The van der Waals surface area contributed by atoms with Crippen LogP contribution in [0.5, 0.6) is 0 Å². The van der Waals surface area contributed by atoms with Gasteiger partial charge in [0, 0.05) is 18.5 Å². The molecule has 3 unspecified atom stereocenters. The van der Waals surface area contributed by atoms with Crippen LogP contribution in [0.4, 0.5) is 0 Å². The van der Waals surface area contributed by atoms with Gasteiger partial charge in [0.1, 0.15) is 0 Å². The number of hydrogen-bond acceptors (Lipinski definition) is 2. The van der Waals surface area contributed by atoms with Crippen molar-refractivity contribution in [2.45, 2.75) is 39.7 Å². The maximum absolute atomic E-state index is 11.8. The number of carbonyl (C=O) groups is 1. The summed E-state index contributed by atoms with van der Waals surface area (Å²) in [7, 11) is 0. The van der Waals surface area contributed by atoms with Gasteiger partial charge in [-0.15, -0.1) is 0 Å². The summed E-state index contributed by atoms with van der Waals surface area (Å²) in [5.41, 5.74) is 8.21. The largest absolute Gasteiger partial charge is 0.355 e. The van der Waals surface area contributed by atoms with Gasteiger partial charge in [0.2, 0.25) is 5.91 Å². The quantitative estimate of drug-likeness (QED) is 0.839. The number of carbonyl (C=O) groups excluding carboxylic acids is 1. The Hall–Kier alpha value is -1.35. The Morgan fingerprint density at radius 1 is 1.22 bits per heavy atom. The molecule has 0 spiro atoms. The third-order valence-corrected chi connectivity index (χ3v) is 3.43. The second-order valence-electron chi connectivity index (χ2n) is 5.20. The van der Waals surface area contributed by atoms with Gasteiger partial charge in [-0.05, 0) is 25.3 Å². The summed E-state index contributed by atoms with van der Waals surface area (Å²) in [6.07, 6.45) is 0. The Morgan fingerprint density at radius 3 is 2.28 bits per heavy atom. The topological polar surface area (TPSA) is 55.1 Å². The van der Waals surface area contributed by atoms with Crippen molar-refractivity contribution >= 4 is 5.91 Å². The Balaban J connectivity index is 2.48. The summed E-state index contributed by atoms with van der Waals surface area (Å²) in [6.45, 7) is 8.55. The molecule has 0 radical (unpaired) electrons. The molecule has 100 valence electrons. The van der Waals surface area contributed by atoms with Crippen LogP contribution in [0.25, 0.3) is 0 Å². The fourth-order valence-corrected chi connectivity index (χ4v) is 1.67. The second-order valence-corrected chi connectivity index (χ2v) is 5.20.